The number of nitrogens with one attached hydrogen (secondary N) is 1. The van der Waals surface area contributed by atoms with Gasteiger partial charge in [0.15, 0.2) is 0 Å². The summed E-state index contributed by atoms with van der Waals surface area (Å²) >= 11 is 0. The fourth-order valence-corrected chi connectivity index (χ4v) is 1.89. The summed E-state index contributed by atoms with van der Waals surface area (Å²) in [7, 11) is 0. The van der Waals surface area contributed by atoms with Crippen LogP contribution in [-0.4, -0.2) is 41.7 Å². The molecule has 106 valence electrons. The largest absolute Gasteiger partial charge is 0.395 e. The zero-order chi connectivity index (χ0) is 14.3. The lowest BCUT2D eigenvalue weighted by atomic mass is 10.2. The highest BCUT2D eigenvalue weighted by atomic mass is 16.3. The van der Waals surface area contributed by atoms with Gasteiger partial charge in [-0.1, -0.05) is 19.1 Å². The molecule has 0 saturated heterocycles. The number of carbonyl (C=O) groups excluding carboxylic acids is 1. The number of carbonyl (C=O) groups is 1. The van der Waals surface area contributed by atoms with Gasteiger partial charge in [-0.25, -0.2) is 0 Å². The minimum Gasteiger partial charge on any atom is -0.395 e. The average Bonchev–Trinajstić information content (AvgIpc) is 2.44. The Balaban J connectivity index is 2.61. The number of hydrogen-bond donors (Lipinski definition) is 3. The average molecular weight is 265 g/mol. The molecule has 5 nitrogen and oxygen atoms in total. The predicted molar refractivity (Wildman–Crippen MR) is 76.8 cm³/mol. The summed E-state index contributed by atoms with van der Waals surface area (Å²) in [5.41, 5.74) is 7.31. The lowest BCUT2D eigenvalue weighted by molar-refractivity contribution is -0.120. The molecule has 0 aliphatic carbocycles. The maximum absolute atomic E-state index is 12.1. The van der Waals surface area contributed by atoms with Crippen molar-refractivity contribution >= 4 is 11.6 Å². The van der Waals surface area contributed by atoms with E-state index in [-0.39, 0.29) is 18.6 Å². The van der Waals surface area contributed by atoms with Crippen LogP contribution in [0.2, 0.25) is 0 Å². The number of likely N-dealkylation sites (N-methyl/N-ethyl adjacent to an activating group) is 1. The second kappa shape index (κ2) is 7.89. The SMILES string of the molecule is CCN(CCO)C(C)C(=O)Nc1ccc(CN)cc1. The quantitative estimate of drug-likeness (QED) is 0.681. The Morgan fingerprint density at radius 3 is 2.53 bits per heavy atom. The first-order chi connectivity index (χ1) is 9.12. The van der Waals surface area contributed by atoms with E-state index >= 15 is 0 Å². The van der Waals surface area contributed by atoms with Crippen LogP contribution in [0.4, 0.5) is 5.69 Å². The molecule has 0 aliphatic heterocycles. The normalized spacial score (nSPS) is 12.5. The Morgan fingerprint density at radius 2 is 2.05 bits per heavy atom. The third kappa shape index (κ3) is 4.63. The number of aliphatic hydroxyl groups excluding tert-OH is 1. The Morgan fingerprint density at radius 1 is 1.42 bits per heavy atom. The molecule has 0 aromatic heterocycles. The first-order valence-corrected chi connectivity index (χ1v) is 6.57. The van der Waals surface area contributed by atoms with Gasteiger partial charge in [0.05, 0.1) is 12.6 Å². The van der Waals surface area contributed by atoms with Crippen LogP contribution in [0.5, 0.6) is 0 Å². The number of aliphatic hydroxyl groups is 1. The van der Waals surface area contributed by atoms with Gasteiger partial charge in [0.1, 0.15) is 0 Å². The van der Waals surface area contributed by atoms with Gasteiger partial charge in [-0.3, -0.25) is 9.69 Å². The lowest BCUT2D eigenvalue weighted by Gasteiger charge is -2.26. The summed E-state index contributed by atoms with van der Waals surface area (Å²) in [6, 6.07) is 7.20. The summed E-state index contributed by atoms with van der Waals surface area (Å²) in [5.74, 6) is -0.0733. The molecular formula is C14H23N3O2. The van der Waals surface area contributed by atoms with Crippen molar-refractivity contribution in [2.45, 2.75) is 26.4 Å². The van der Waals surface area contributed by atoms with Crippen molar-refractivity contribution in [3.05, 3.63) is 29.8 Å². The molecule has 0 fully saturated rings. The minimum absolute atomic E-state index is 0.0522. The fourth-order valence-electron chi connectivity index (χ4n) is 1.89. The van der Waals surface area contributed by atoms with Crippen LogP contribution in [-0.2, 0) is 11.3 Å². The maximum Gasteiger partial charge on any atom is 0.241 e. The van der Waals surface area contributed by atoms with Gasteiger partial charge >= 0.3 is 0 Å². The Hall–Kier alpha value is -1.43. The molecule has 1 amide bonds. The topological polar surface area (TPSA) is 78.6 Å². The molecule has 1 aromatic rings. The van der Waals surface area contributed by atoms with E-state index in [2.05, 4.69) is 5.32 Å². The van der Waals surface area contributed by atoms with E-state index in [1.54, 1.807) is 0 Å². The molecule has 1 aromatic carbocycles. The second-order valence-corrected chi connectivity index (χ2v) is 4.42. The van der Waals surface area contributed by atoms with Gasteiger partial charge < -0.3 is 16.2 Å². The van der Waals surface area contributed by atoms with E-state index in [0.29, 0.717) is 13.1 Å². The molecule has 5 heteroatoms. The lowest BCUT2D eigenvalue weighted by Crippen LogP contribution is -2.43. The molecular weight excluding hydrogens is 242 g/mol. The molecule has 0 heterocycles. The summed E-state index contributed by atoms with van der Waals surface area (Å²) in [4.78, 5) is 14.0. The van der Waals surface area contributed by atoms with Gasteiger partial charge in [0.2, 0.25) is 5.91 Å². The third-order valence-electron chi connectivity index (χ3n) is 3.18. The van der Waals surface area contributed by atoms with Gasteiger partial charge in [-0.15, -0.1) is 0 Å². The molecule has 0 bridgehead atoms. The summed E-state index contributed by atoms with van der Waals surface area (Å²) in [5, 5.41) is 11.8. The predicted octanol–water partition coefficient (Wildman–Crippen LogP) is 0.786. The number of benzene rings is 1. The Kier molecular flexibility index (Phi) is 6.49. The van der Waals surface area contributed by atoms with Gasteiger partial charge in [-0.2, -0.15) is 0 Å². The van der Waals surface area contributed by atoms with Crippen LogP contribution >= 0.6 is 0 Å². The van der Waals surface area contributed by atoms with E-state index in [4.69, 9.17) is 10.8 Å². The van der Waals surface area contributed by atoms with E-state index in [9.17, 15) is 4.79 Å². The Labute approximate surface area is 114 Å². The van der Waals surface area contributed by atoms with Crippen LogP contribution < -0.4 is 11.1 Å². The summed E-state index contributed by atoms with van der Waals surface area (Å²) < 4.78 is 0. The summed E-state index contributed by atoms with van der Waals surface area (Å²) in [6.45, 7) is 5.57. The highest BCUT2D eigenvalue weighted by Crippen LogP contribution is 2.10. The first kappa shape index (κ1) is 15.6. The molecule has 0 radical (unpaired) electrons. The number of anilines is 1. The zero-order valence-electron chi connectivity index (χ0n) is 11.6. The number of hydrogen-bond acceptors (Lipinski definition) is 4. The fraction of sp³-hybridized carbons (Fsp3) is 0.500. The van der Waals surface area contributed by atoms with Gasteiger partial charge in [0, 0.05) is 18.8 Å². The van der Waals surface area contributed by atoms with Crippen molar-refractivity contribution in [1.29, 1.82) is 0 Å². The summed E-state index contributed by atoms with van der Waals surface area (Å²) in [6.07, 6.45) is 0. The third-order valence-corrected chi connectivity index (χ3v) is 3.18. The highest BCUT2D eigenvalue weighted by Gasteiger charge is 2.19. The van der Waals surface area contributed by atoms with E-state index in [1.807, 2.05) is 43.0 Å². The van der Waals surface area contributed by atoms with Crippen LogP contribution in [0.1, 0.15) is 19.4 Å². The molecule has 0 saturated carbocycles. The monoisotopic (exact) mass is 265 g/mol. The van der Waals surface area contributed by atoms with Crippen LogP contribution in [0.15, 0.2) is 24.3 Å². The van der Waals surface area contributed by atoms with Crippen molar-refractivity contribution in [3.63, 3.8) is 0 Å². The molecule has 19 heavy (non-hydrogen) atoms. The van der Waals surface area contributed by atoms with Crippen LogP contribution in [0, 0.1) is 0 Å². The Bertz CT molecular complexity index is 392. The molecule has 4 N–H and O–H groups in total. The number of nitrogens with zero attached hydrogens (tertiary/aromatic N) is 1. The molecule has 0 spiro atoms. The van der Waals surface area contributed by atoms with Gasteiger partial charge in [0.25, 0.3) is 0 Å². The zero-order valence-corrected chi connectivity index (χ0v) is 11.6. The van der Waals surface area contributed by atoms with E-state index in [1.165, 1.54) is 0 Å². The molecule has 1 unspecified atom stereocenters. The van der Waals surface area contributed by atoms with Crippen molar-refractivity contribution in [2.75, 3.05) is 25.0 Å². The number of nitrogens with two attached hydrogens (primary N) is 1. The minimum atomic E-state index is -0.272. The van der Waals surface area contributed by atoms with Crippen molar-refractivity contribution in [3.8, 4) is 0 Å². The van der Waals surface area contributed by atoms with Crippen LogP contribution in [0.3, 0.4) is 0 Å². The standard InChI is InChI=1S/C14H23N3O2/c1-3-17(8-9-18)11(2)14(19)16-13-6-4-12(10-15)5-7-13/h4-7,11,18H,3,8-10,15H2,1-2H3,(H,16,19). The van der Waals surface area contributed by atoms with Crippen molar-refractivity contribution < 1.29 is 9.90 Å². The van der Waals surface area contributed by atoms with E-state index in [0.717, 1.165) is 17.8 Å². The van der Waals surface area contributed by atoms with Crippen molar-refractivity contribution in [2.24, 2.45) is 5.73 Å². The molecule has 0 aliphatic rings. The second-order valence-electron chi connectivity index (χ2n) is 4.42. The highest BCUT2D eigenvalue weighted by molar-refractivity contribution is 5.94. The molecule has 1 rings (SSSR count). The molecule has 1 atom stereocenters. The number of amides is 1. The first-order valence-electron chi connectivity index (χ1n) is 6.57. The van der Waals surface area contributed by atoms with Gasteiger partial charge in [-0.05, 0) is 31.2 Å². The number of rotatable bonds is 7. The van der Waals surface area contributed by atoms with E-state index < -0.39 is 0 Å². The maximum atomic E-state index is 12.1. The van der Waals surface area contributed by atoms with Crippen molar-refractivity contribution in [1.82, 2.24) is 4.90 Å². The van der Waals surface area contributed by atoms with Crippen LogP contribution in [0.25, 0.3) is 0 Å². The smallest absolute Gasteiger partial charge is 0.241 e.